The molecule has 3 aliphatic rings. The molecule has 0 radical (unpaired) electrons. The zero-order chi connectivity index (χ0) is 32.5. The summed E-state index contributed by atoms with van der Waals surface area (Å²) in [5.74, 6) is -4.27. The average Bonchev–Trinajstić information content (AvgIpc) is 3.17. The van der Waals surface area contributed by atoms with Crippen LogP contribution in [-0.2, 0) is 6.42 Å². The van der Waals surface area contributed by atoms with Gasteiger partial charge in [0.15, 0.2) is 0 Å². The molecular weight excluding hydrogens is 604 g/mol. The fourth-order valence-electron chi connectivity index (χ4n) is 8.79. The van der Waals surface area contributed by atoms with E-state index in [2.05, 4.69) is 11.8 Å². The molecule has 7 atom stereocenters. The number of phenolic OH excluding ortho intramolecular Hbond substituents is 1. The van der Waals surface area contributed by atoms with Gasteiger partial charge < -0.3 is 15.1 Å². The summed E-state index contributed by atoms with van der Waals surface area (Å²) in [7, 11) is 2.04. The normalized spacial score (nSPS) is 32.0. The molecule has 1 unspecified atom stereocenters. The van der Waals surface area contributed by atoms with Crippen LogP contribution in [0.3, 0.4) is 0 Å². The number of nitrogens with zero attached hydrogens (tertiary/aromatic N) is 1. The summed E-state index contributed by atoms with van der Waals surface area (Å²) in [6.07, 6.45) is 1.42. The zero-order valence-electron chi connectivity index (χ0n) is 26.3. The van der Waals surface area contributed by atoms with Crippen molar-refractivity contribution >= 4 is 11.6 Å². The standard InChI is InChI=1S/C34H50ClF6NO2/c1-31-21-26(36)29-23-13-14-27(43)30(35)24(23)20-22(28(29)25(31)15-17-32(31,2)44)12-8-7-11-19-42(3)18-10-6-4-5-9-16-33(37,38)34(39,40)41/h13-14,22,25-26,28-29,43-44H,4-12,15-21H2,1-3H3/t22?,25-,26-,28-,29-,31-,32+/m0/s1. The summed E-state index contributed by atoms with van der Waals surface area (Å²) in [6.45, 7) is 5.71. The largest absolute Gasteiger partial charge is 0.506 e. The average molecular weight is 654 g/mol. The van der Waals surface area contributed by atoms with Crippen LogP contribution < -0.4 is 0 Å². The van der Waals surface area contributed by atoms with Crippen molar-refractivity contribution in [2.45, 2.75) is 134 Å². The molecule has 2 saturated carbocycles. The van der Waals surface area contributed by atoms with Gasteiger partial charge in [-0.2, -0.15) is 22.0 Å². The van der Waals surface area contributed by atoms with Crippen molar-refractivity contribution < 1.29 is 36.6 Å². The van der Waals surface area contributed by atoms with E-state index >= 15 is 4.39 Å². The van der Waals surface area contributed by atoms with Crippen LogP contribution in [0.2, 0.25) is 5.02 Å². The minimum absolute atomic E-state index is 0.0357. The number of alkyl halides is 6. The molecule has 2 fully saturated rings. The molecule has 0 saturated heterocycles. The van der Waals surface area contributed by atoms with E-state index in [4.69, 9.17) is 11.6 Å². The number of aromatic hydroxyl groups is 1. The summed E-state index contributed by atoms with van der Waals surface area (Å²) in [4.78, 5) is 2.23. The molecule has 0 aliphatic heterocycles. The number of hydrogen-bond acceptors (Lipinski definition) is 3. The van der Waals surface area contributed by atoms with E-state index < -0.39 is 35.7 Å². The van der Waals surface area contributed by atoms with Gasteiger partial charge in [-0.3, -0.25) is 0 Å². The molecule has 44 heavy (non-hydrogen) atoms. The Morgan fingerprint density at radius 2 is 1.57 bits per heavy atom. The first-order valence-electron chi connectivity index (χ1n) is 16.5. The highest BCUT2D eigenvalue weighted by atomic mass is 35.5. The molecule has 3 aliphatic carbocycles. The Morgan fingerprint density at radius 3 is 2.23 bits per heavy atom. The molecule has 1 aromatic rings. The number of halogens is 7. The third-order valence-electron chi connectivity index (χ3n) is 11.6. The number of rotatable bonds is 14. The minimum Gasteiger partial charge on any atom is -0.506 e. The number of benzene rings is 1. The van der Waals surface area contributed by atoms with Gasteiger partial charge in [-0.15, -0.1) is 0 Å². The number of fused-ring (bicyclic) bond motifs is 5. The number of phenols is 1. The maximum atomic E-state index is 16.1. The zero-order valence-corrected chi connectivity index (χ0v) is 27.1. The topological polar surface area (TPSA) is 43.7 Å². The highest BCUT2D eigenvalue weighted by Gasteiger charge is 2.64. The van der Waals surface area contributed by atoms with Crippen LogP contribution in [0.4, 0.5) is 26.3 Å². The van der Waals surface area contributed by atoms with Crippen LogP contribution >= 0.6 is 11.6 Å². The van der Waals surface area contributed by atoms with E-state index in [1.54, 1.807) is 6.07 Å². The quantitative estimate of drug-likeness (QED) is 0.155. The molecule has 3 nitrogen and oxygen atoms in total. The molecule has 0 amide bonds. The van der Waals surface area contributed by atoms with E-state index in [0.29, 0.717) is 37.1 Å². The molecule has 252 valence electrons. The molecule has 4 rings (SSSR count). The molecular formula is C34H50ClF6NO2. The van der Waals surface area contributed by atoms with Crippen LogP contribution in [0.1, 0.15) is 114 Å². The Labute approximate surface area is 263 Å². The Morgan fingerprint density at radius 1 is 0.955 bits per heavy atom. The second kappa shape index (κ2) is 13.9. The second-order valence-corrected chi connectivity index (χ2v) is 14.8. The second-order valence-electron chi connectivity index (χ2n) is 14.5. The van der Waals surface area contributed by atoms with Crippen molar-refractivity contribution in [3.63, 3.8) is 0 Å². The van der Waals surface area contributed by atoms with Crippen LogP contribution in [0.15, 0.2) is 12.1 Å². The van der Waals surface area contributed by atoms with Gasteiger partial charge in [0.2, 0.25) is 0 Å². The highest BCUT2D eigenvalue weighted by molar-refractivity contribution is 6.32. The molecule has 1 aromatic carbocycles. The van der Waals surface area contributed by atoms with Gasteiger partial charge in [0.25, 0.3) is 0 Å². The van der Waals surface area contributed by atoms with Crippen LogP contribution in [-0.4, -0.2) is 59.1 Å². The molecule has 0 spiro atoms. The van der Waals surface area contributed by atoms with Crippen molar-refractivity contribution in [3.05, 3.63) is 28.3 Å². The monoisotopic (exact) mass is 653 g/mol. The summed E-state index contributed by atoms with van der Waals surface area (Å²) in [5.41, 5.74) is 0.441. The Hall–Kier alpha value is -1.19. The van der Waals surface area contributed by atoms with E-state index in [1.165, 1.54) is 0 Å². The van der Waals surface area contributed by atoms with Gasteiger partial charge in [-0.05, 0) is 113 Å². The van der Waals surface area contributed by atoms with Gasteiger partial charge in [0.05, 0.1) is 10.6 Å². The first kappa shape index (κ1) is 35.7. The van der Waals surface area contributed by atoms with E-state index in [0.717, 1.165) is 69.2 Å². The minimum atomic E-state index is -5.47. The number of hydrogen-bond donors (Lipinski definition) is 2. The fourth-order valence-corrected chi connectivity index (χ4v) is 9.04. The Balaban J connectivity index is 1.24. The number of aliphatic hydroxyl groups is 1. The molecule has 2 N–H and O–H groups in total. The molecule has 10 heteroatoms. The first-order chi connectivity index (χ1) is 20.5. The lowest BCUT2D eigenvalue weighted by atomic mass is 9.50. The summed E-state index contributed by atoms with van der Waals surface area (Å²) in [6, 6.07) is 3.44. The smallest absolute Gasteiger partial charge is 0.453 e. The first-order valence-corrected chi connectivity index (χ1v) is 16.9. The lowest BCUT2D eigenvalue weighted by molar-refractivity contribution is -0.284. The van der Waals surface area contributed by atoms with E-state index in [1.807, 2.05) is 20.0 Å². The molecule has 0 aromatic heterocycles. The van der Waals surface area contributed by atoms with Crippen molar-refractivity contribution in [2.24, 2.45) is 23.2 Å². The van der Waals surface area contributed by atoms with Crippen LogP contribution in [0.5, 0.6) is 5.75 Å². The van der Waals surface area contributed by atoms with Gasteiger partial charge in [-0.25, -0.2) is 4.39 Å². The third-order valence-corrected chi connectivity index (χ3v) is 12.0. The van der Waals surface area contributed by atoms with Gasteiger partial charge in [-0.1, -0.05) is 56.7 Å². The maximum absolute atomic E-state index is 16.1. The van der Waals surface area contributed by atoms with Gasteiger partial charge in [0, 0.05) is 17.8 Å². The van der Waals surface area contributed by atoms with Gasteiger partial charge >= 0.3 is 12.1 Å². The van der Waals surface area contributed by atoms with Crippen molar-refractivity contribution in [2.75, 3.05) is 20.1 Å². The maximum Gasteiger partial charge on any atom is 0.453 e. The van der Waals surface area contributed by atoms with E-state index in [9.17, 15) is 32.2 Å². The third kappa shape index (κ3) is 7.35. The van der Waals surface area contributed by atoms with Gasteiger partial charge in [0.1, 0.15) is 11.9 Å². The fraction of sp³-hybridized carbons (Fsp3) is 0.824. The van der Waals surface area contributed by atoms with Crippen molar-refractivity contribution in [1.29, 1.82) is 0 Å². The van der Waals surface area contributed by atoms with Crippen molar-refractivity contribution in [1.82, 2.24) is 4.90 Å². The van der Waals surface area contributed by atoms with Crippen LogP contribution in [0, 0.1) is 23.2 Å². The lowest BCUT2D eigenvalue weighted by Gasteiger charge is -2.56. The Kier molecular flexibility index (Phi) is 11.3. The summed E-state index contributed by atoms with van der Waals surface area (Å²) >= 11 is 6.58. The van der Waals surface area contributed by atoms with E-state index in [-0.39, 0.29) is 35.8 Å². The predicted octanol–water partition coefficient (Wildman–Crippen LogP) is 9.86. The predicted molar refractivity (Wildman–Crippen MR) is 162 cm³/mol. The lowest BCUT2D eigenvalue weighted by Crippen LogP contribution is -2.55. The number of unbranched alkanes of at least 4 members (excludes halogenated alkanes) is 6. The highest BCUT2D eigenvalue weighted by Crippen LogP contribution is 2.66. The SMILES string of the molecule is CN(CCCCCCCC(F)(F)C(F)(F)F)CCCCCC1Cc2c(ccc(O)c2Cl)[C@@H]2[C@@H]1[C@@H]1CC[C@@](C)(O)[C@@]1(C)C[C@@H]2F. The van der Waals surface area contributed by atoms with Crippen LogP contribution in [0.25, 0.3) is 0 Å². The summed E-state index contributed by atoms with van der Waals surface area (Å²) < 4.78 is 78.9. The Bertz CT molecular complexity index is 1110. The summed E-state index contributed by atoms with van der Waals surface area (Å²) in [5, 5.41) is 22.0. The van der Waals surface area contributed by atoms with Crippen molar-refractivity contribution in [3.8, 4) is 5.75 Å². The molecule has 0 bridgehead atoms. The molecule has 0 heterocycles.